The summed E-state index contributed by atoms with van der Waals surface area (Å²) in [5, 5.41) is 0. The Bertz CT molecular complexity index is 151. The van der Waals surface area contributed by atoms with Crippen LogP contribution in [0.4, 0.5) is 0 Å². The summed E-state index contributed by atoms with van der Waals surface area (Å²) in [6.07, 6.45) is 2.42. The summed E-state index contributed by atoms with van der Waals surface area (Å²) in [6, 6.07) is 0. The molecule has 0 bridgehead atoms. The second-order valence-electron chi connectivity index (χ2n) is 3.27. The molecule has 0 aromatic rings. The first kappa shape index (κ1) is 9.16. The van der Waals surface area contributed by atoms with E-state index in [-0.39, 0.29) is 0 Å². The van der Waals surface area contributed by atoms with Gasteiger partial charge in [0, 0.05) is 6.54 Å². The van der Waals surface area contributed by atoms with Crippen LogP contribution in [-0.4, -0.2) is 32.6 Å². The predicted molar refractivity (Wildman–Crippen MR) is 45.6 cm³/mol. The molecule has 1 heterocycles. The van der Waals surface area contributed by atoms with Crippen molar-refractivity contribution in [3.8, 4) is 0 Å². The molecule has 1 N–H and O–H groups in total. The number of nitrogens with zero attached hydrogens (tertiary/aromatic N) is 1. The Morgan fingerprint density at radius 3 is 3.00 bits per heavy atom. The summed E-state index contributed by atoms with van der Waals surface area (Å²) in [5.74, 6) is 1.01. The van der Waals surface area contributed by atoms with Crippen molar-refractivity contribution in [1.29, 1.82) is 0 Å². The van der Waals surface area contributed by atoms with Gasteiger partial charge in [0.2, 0.25) is 0 Å². The second-order valence-corrected chi connectivity index (χ2v) is 4.18. The zero-order chi connectivity index (χ0) is 8.27. The monoisotopic (exact) mass is 177 g/mol. The first-order chi connectivity index (χ1) is 5.18. The lowest BCUT2D eigenvalue weighted by Gasteiger charge is -2.29. The van der Waals surface area contributed by atoms with E-state index in [9.17, 15) is 4.21 Å². The Labute approximate surface area is 70.1 Å². The highest BCUT2D eigenvalue weighted by Gasteiger charge is 2.16. The summed E-state index contributed by atoms with van der Waals surface area (Å²) in [7, 11) is 0. The minimum Gasteiger partial charge on any atom is -0.305 e. The Kier molecular flexibility index (Phi) is 3.48. The molecule has 0 aliphatic carbocycles. The molecule has 0 spiro atoms. The van der Waals surface area contributed by atoms with Crippen molar-refractivity contribution in [2.75, 3.05) is 19.0 Å². The topological polar surface area (TPSA) is 40.5 Å². The van der Waals surface area contributed by atoms with E-state index in [0.717, 1.165) is 13.1 Å². The molecule has 0 amide bonds. The fourth-order valence-corrected chi connectivity index (χ4v) is 2.11. The molecule has 66 valence electrons. The Balaban J connectivity index is 2.28. The first-order valence-electron chi connectivity index (χ1n) is 3.98. The van der Waals surface area contributed by atoms with E-state index in [0.29, 0.717) is 11.8 Å². The average Bonchev–Trinajstić information content (AvgIpc) is 1.85. The van der Waals surface area contributed by atoms with Gasteiger partial charge >= 0.3 is 0 Å². The summed E-state index contributed by atoms with van der Waals surface area (Å²) in [5.41, 5.74) is 0. The molecule has 0 radical (unpaired) electrons. The fourth-order valence-electron chi connectivity index (χ4n) is 1.56. The summed E-state index contributed by atoms with van der Waals surface area (Å²) in [6.45, 7) is 4.15. The maximum Gasteiger partial charge on any atom is 0.167 e. The molecular weight excluding hydrogens is 162 g/mol. The van der Waals surface area contributed by atoms with Gasteiger partial charge in [-0.3, -0.25) is 4.90 Å². The minimum absolute atomic E-state index is 0.324. The van der Waals surface area contributed by atoms with Crippen LogP contribution in [0.2, 0.25) is 0 Å². The number of piperidine rings is 1. The van der Waals surface area contributed by atoms with Gasteiger partial charge in [-0.2, -0.15) is 0 Å². The van der Waals surface area contributed by atoms with Crippen molar-refractivity contribution in [3.05, 3.63) is 0 Å². The highest BCUT2D eigenvalue weighted by molar-refractivity contribution is 7.79. The van der Waals surface area contributed by atoms with Crippen LogP contribution in [-0.2, 0) is 11.1 Å². The van der Waals surface area contributed by atoms with Crippen LogP contribution < -0.4 is 0 Å². The van der Waals surface area contributed by atoms with Gasteiger partial charge in [-0.05, 0) is 25.3 Å². The summed E-state index contributed by atoms with van der Waals surface area (Å²) < 4.78 is 19.1. The molecule has 4 heteroatoms. The lowest BCUT2D eigenvalue weighted by Crippen LogP contribution is -2.36. The van der Waals surface area contributed by atoms with Gasteiger partial charge in [0.1, 0.15) is 5.88 Å². The van der Waals surface area contributed by atoms with E-state index in [4.69, 9.17) is 4.55 Å². The SMILES string of the molecule is CC1CCCN(CS(=O)O)C1. The Morgan fingerprint density at radius 2 is 2.45 bits per heavy atom. The Hall–Kier alpha value is 0.0700. The maximum atomic E-state index is 10.4. The quantitative estimate of drug-likeness (QED) is 0.637. The molecule has 1 saturated heterocycles. The third-order valence-corrected chi connectivity index (χ3v) is 2.62. The molecule has 0 aromatic heterocycles. The molecule has 1 aliphatic rings. The van der Waals surface area contributed by atoms with Crippen LogP contribution in [0.5, 0.6) is 0 Å². The zero-order valence-electron chi connectivity index (χ0n) is 6.82. The Morgan fingerprint density at radius 1 is 1.73 bits per heavy atom. The molecular formula is C7H15NO2S. The van der Waals surface area contributed by atoms with Crippen LogP contribution in [0.3, 0.4) is 0 Å². The van der Waals surface area contributed by atoms with Gasteiger partial charge in [0.05, 0.1) is 0 Å². The lowest BCUT2D eigenvalue weighted by molar-refractivity contribution is 0.209. The second kappa shape index (κ2) is 4.18. The van der Waals surface area contributed by atoms with E-state index in [1.165, 1.54) is 12.8 Å². The summed E-state index contributed by atoms with van der Waals surface area (Å²) in [4.78, 5) is 2.06. The van der Waals surface area contributed by atoms with Crippen LogP contribution in [0.1, 0.15) is 19.8 Å². The first-order valence-corrected chi connectivity index (χ1v) is 5.26. The van der Waals surface area contributed by atoms with Gasteiger partial charge in [0.15, 0.2) is 11.1 Å². The van der Waals surface area contributed by atoms with Gasteiger partial charge in [-0.1, -0.05) is 6.92 Å². The van der Waals surface area contributed by atoms with Gasteiger partial charge in [-0.25, -0.2) is 4.21 Å². The number of hydrogen-bond donors (Lipinski definition) is 1. The van der Waals surface area contributed by atoms with Crippen LogP contribution in [0.15, 0.2) is 0 Å². The molecule has 11 heavy (non-hydrogen) atoms. The summed E-state index contributed by atoms with van der Waals surface area (Å²) >= 11 is -1.65. The number of hydrogen-bond acceptors (Lipinski definition) is 2. The highest BCUT2D eigenvalue weighted by atomic mass is 32.2. The molecule has 0 aromatic carbocycles. The molecule has 2 unspecified atom stereocenters. The molecule has 1 rings (SSSR count). The standard InChI is InChI=1S/C7H15NO2S/c1-7-3-2-4-8(5-7)6-11(9)10/h7H,2-6H2,1H3,(H,9,10). The van der Waals surface area contributed by atoms with E-state index >= 15 is 0 Å². The van der Waals surface area contributed by atoms with Crippen LogP contribution in [0.25, 0.3) is 0 Å². The van der Waals surface area contributed by atoms with Gasteiger partial charge in [0.25, 0.3) is 0 Å². The van der Waals surface area contributed by atoms with Crippen molar-refractivity contribution in [2.45, 2.75) is 19.8 Å². The van der Waals surface area contributed by atoms with E-state index in [1.807, 2.05) is 0 Å². The molecule has 1 fully saturated rings. The zero-order valence-corrected chi connectivity index (χ0v) is 7.64. The smallest absolute Gasteiger partial charge is 0.167 e. The lowest BCUT2D eigenvalue weighted by atomic mass is 10.0. The number of rotatable bonds is 2. The third-order valence-electron chi connectivity index (χ3n) is 2.03. The normalized spacial score (nSPS) is 30.2. The molecule has 1 aliphatic heterocycles. The largest absolute Gasteiger partial charge is 0.305 e. The highest BCUT2D eigenvalue weighted by Crippen LogP contribution is 2.14. The third kappa shape index (κ3) is 3.31. The van der Waals surface area contributed by atoms with Crippen molar-refractivity contribution >= 4 is 11.1 Å². The molecule has 2 atom stereocenters. The maximum absolute atomic E-state index is 10.4. The van der Waals surface area contributed by atoms with E-state index in [1.54, 1.807) is 0 Å². The average molecular weight is 177 g/mol. The number of likely N-dealkylation sites (tertiary alicyclic amines) is 1. The van der Waals surface area contributed by atoms with Crippen molar-refractivity contribution < 1.29 is 8.76 Å². The fraction of sp³-hybridized carbons (Fsp3) is 1.00. The van der Waals surface area contributed by atoms with Crippen LogP contribution >= 0.6 is 0 Å². The van der Waals surface area contributed by atoms with Crippen molar-refractivity contribution in [1.82, 2.24) is 4.90 Å². The molecule has 0 saturated carbocycles. The molecule has 3 nitrogen and oxygen atoms in total. The van der Waals surface area contributed by atoms with E-state index < -0.39 is 11.1 Å². The van der Waals surface area contributed by atoms with Crippen molar-refractivity contribution in [2.24, 2.45) is 5.92 Å². The van der Waals surface area contributed by atoms with Gasteiger partial charge < -0.3 is 4.55 Å². The van der Waals surface area contributed by atoms with Gasteiger partial charge in [-0.15, -0.1) is 0 Å². The van der Waals surface area contributed by atoms with E-state index in [2.05, 4.69) is 11.8 Å². The van der Waals surface area contributed by atoms with Crippen molar-refractivity contribution in [3.63, 3.8) is 0 Å². The van der Waals surface area contributed by atoms with Crippen LogP contribution in [0, 0.1) is 5.92 Å². The predicted octanol–water partition coefficient (Wildman–Crippen LogP) is 0.898. The minimum atomic E-state index is -1.65.